The molecule has 7 heteroatoms. The molecule has 7 nitrogen and oxygen atoms in total. The summed E-state index contributed by atoms with van der Waals surface area (Å²) in [5.74, 6) is 0.497. The van der Waals surface area contributed by atoms with Crippen molar-refractivity contribution in [1.29, 1.82) is 0 Å². The van der Waals surface area contributed by atoms with Crippen LogP contribution in [0.25, 0.3) is 0 Å². The minimum atomic E-state index is -0.207. The van der Waals surface area contributed by atoms with Crippen LogP contribution in [0.15, 0.2) is 10.6 Å². The number of ether oxygens (including phenoxy) is 2. The van der Waals surface area contributed by atoms with Gasteiger partial charge in [0.15, 0.2) is 11.5 Å². The van der Waals surface area contributed by atoms with Crippen molar-refractivity contribution < 1.29 is 18.8 Å². The Morgan fingerprint density at radius 3 is 2.95 bits per heavy atom. The molecule has 0 aromatic carbocycles. The number of aromatic nitrogens is 1. The van der Waals surface area contributed by atoms with Gasteiger partial charge in [-0.2, -0.15) is 0 Å². The molecule has 1 aromatic rings. The van der Waals surface area contributed by atoms with Crippen LogP contribution in [0.5, 0.6) is 0 Å². The van der Waals surface area contributed by atoms with Crippen molar-refractivity contribution in [3.8, 4) is 0 Å². The number of hydrogen-bond donors (Lipinski definition) is 1. The molecular formula is C15H25N3O4. The van der Waals surface area contributed by atoms with Gasteiger partial charge >= 0.3 is 0 Å². The van der Waals surface area contributed by atoms with Crippen LogP contribution in [0, 0.1) is 0 Å². The maximum atomic E-state index is 11.9. The lowest BCUT2D eigenvalue weighted by Gasteiger charge is -2.25. The molecule has 0 saturated carbocycles. The molecule has 0 radical (unpaired) electrons. The first kappa shape index (κ1) is 16.9. The summed E-state index contributed by atoms with van der Waals surface area (Å²) in [6.07, 6.45) is 0.997. The summed E-state index contributed by atoms with van der Waals surface area (Å²) < 4.78 is 15.9. The Hall–Kier alpha value is -1.44. The second-order valence-corrected chi connectivity index (χ2v) is 5.60. The molecule has 1 fully saturated rings. The van der Waals surface area contributed by atoms with E-state index in [1.807, 2.05) is 13.8 Å². The molecule has 124 valence electrons. The largest absolute Gasteiger partial charge is 0.379 e. The molecule has 2 heterocycles. The van der Waals surface area contributed by atoms with E-state index in [2.05, 4.69) is 15.4 Å². The van der Waals surface area contributed by atoms with E-state index in [0.29, 0.717) is 31.2 Å². The minimum absolute atomic E-state index is 0.207. The predicted molar refractivity (Wildman–Crippen MR) is 80.6 cm³/mol. The van der Waals surface area contributed by atoms with E-state index >= 15 is 0 Å². The third-order valence-electron chi connectivity index (χ3n) is 3.33. The second kappa shape index (κ2) is 8.87. The summed E-state index contributed by atoms with van der Waals surface area (Å²) in [6, 6.07) is 1.70. The van der Waals surface area contributed by atoms with Crippen molar-refractivity contribution >= 4 is 5.91 Å². The Balaban J connectivity index is 1.69. The van der Waals surface area contributed by atoms with Crippen molar-refractivity contribution in [3.05, 3.63) is 17.5 Å². The van der Waals surface area contributed by atoms with Gasteiger partial charge in [0, 0.05) is 32.3 Å². The molecule has 2 rings (SSSR count). The zero-order chi connectivity index (χ0) is 15.8. The summed E-state index contributed by atoms with van der Waals surface area (Å²) in [4.78, 5) is 14.2. The van der Waals surface area contributed by atoms with E-state index in [4.69, 9.17) is 14.0 Å². The summed E-state index contributed by atoms with van der Waals surface area (Å²) in [6.45, 7) is 9.06. The normalized spacial score (nSPS) is 16.1. The number of morpholine rings is 1. The van der Waals surface area contributed by atoms with Gasteiger partial charge in [-0.25, -0.2) is 0 Å². The Morgan fingerprint density at radius 2 is 2.23 bits per heavy atom. The molecule has 1 aliphatic rings. The molecular weight excluding hydrogens is 286 g/mol. The van der Waals surface area contributed by atoms with Crippen molar-refractivity contribution in [1.82, 2.24) is 15.4 Å². The van der Waals surface area contributed by atoms with Crippen LogP contribution >= 0.6 is 0 Å². The standard InChI is InChI=1S/C15H25N3O4/c1-12(2)21-7-3-4-16-15(19)14-10-13(22-17-14)11-18-5-8-20-9-6-18/h10,12H,3-9,11H2,1-2H3,(H,16,19). The molecule has 0 atom stereocenters. The lowest BCUT2D eigenvalue weighted by molar-refractivity contribution is 0.0305. The van der Waals surface area contributed by atoms with E-state index in [-0.39, 0.29) is 12.0 Å². The van der Waals surface area contributed by atoms with Gasteiger partial charge in [0.1, 0.15) is 0 Å². The molecule has 1 saturated heterocycles. The van der Waals surface area contributed by atoms with Crippen molar-refractivity contribution in [2.45, 2.75) is 32.9 Å². The molecule has 1 aromatic heterocycles. The third kappa shape index (κ3) is 5.75. The highest BCUT2D eigenvalue weighted by Crippen LogP contribution is 2.09. The fourth-order valence-electron chi connectivity index (χ4n) is 2.16. The molecule has 1 N–H and O–H groups in total. The van der Waals surface area contributed by atoms with Gasteiger partial charge in [0.05, 0.1) is 25.9 Å². The number of carbonyl (C=O) groups excluding carboxylic acids is 1. The Labute approximate surface area is 130 Å². The quantitative estimate of drug-likeness (QED) is 0.723. The number of nitrogens with zero attached hydrogens (tertiary/aromatic N) is 2. The van der Waals surface area contributed by atoms with Crippen molar-refractivity contribution in [2.24, 2.45) is 0 Å². The monoisotopic (exact) mass is 311 g/mol. The van der Waals surface area contributed by atoms with Crippen LogP contribution in [-0.2, 0) is 16.0 Å². The van der Waals surface area contributed by atoms with Crippen LogP contribution in [0.3, 0.4) is 0 Å². The maximum Gasteiger partial charge on any atom is 0.273 e. The SMILES string of the molecule is CC(C)OCCCNC(=O)c1cc(CN2CCOCC2)on1. The molecule has 0 spiro atoms. The zero-order valence-electron chi connectivity index (χ0n) is 13.3. The highest BCUT2D eigenvalue weighted by atomic mass is 16.5. The summed E-state index contributed by atoms with van der Waals surface area (Å²) >= 11 is 0. The lowest BCUT2D eigenvalue weighted by Crippen LogP contribution is -2.35. The third-order valence-corrected chi connectivity index (χ3v) is 3.33. The first-order valence-corrected chi connectivity index (χ1v) is 7.80. The van der Waals surface area contributed by atoms with E-state index < -0.39 is 0 Å². The maximum absolute atomic E-state index is 11.9. The van der Waals surface area contributed by atoms with Gasteiger partial charge in [-0.1, -0.05) is 5.16 Å². The van der Waals surface area contributed by atoms with Crippen LogP contribution < -0.4 is 5.32 Å². The topological polar surface area (TPSA) is 76.8 Å². The Morgan fingerprint density at radius 1 is 1.45 bits per heavy atom. The van der Waals surface area contributed by atoms with Gasteiger partial charge in [-0.15, -0.1) is 0 Å². The summed E-state index contributed by atoms with van der Waals surface area (Å²) in [5.41, 5.74) is 0.327. The molecule has 0 aliphatic carbocycles. The highest BCUT2D eigenvalue weighted by Gasteiger charge is 2.16. The Kier molecular flexibility index (Phi) is 6.82. The predicted octanol–water partition coefficient (Wildman–Crippen LogP) is 1.05. The van der Waals surface area contributed by atoms with Crippen LogP contribution in [-0.4, -0.2) is 61.5 Å². The molecule has 1 amide bonds. The fourth-order valence-corrected chi connectivity index (χ4v) is 2.16. The number of hydrogen-bond acceptors (Lipinski definition) is 6. The number of nitrogens with one attached hydrogen (secondary N) is 1. The van der Waals surface area contributed by atoms with Gasteiger partial charge < -0.3 is 19.3 Å². The first-order valence-electron chi connectivity index (χ1n) is 7.80. The minimum Gasteiger partial charge on any atom is -0.379 e. The molecule has 1 aliphatic heterocycles. The fraction of sp³-hybridized carbons (Fsp3) is 0.733. The summed E-state index contributed by atoms with van der Waals surface area (Å²) in [7, 11) is 0. The van der Waals surface area contributed by atoms with Crippen LogP contribution in [0.2, 0.25) is 0 Å². The molecule has 0 unspecified atom stereocenters. The smallest absolute Gasteiger partial charge is 0.273 e. The van der Waals surface area contributed by atoms with Crippen LogP contribution in [0.4, 0.5) is 0 Å². The van der Waals surface area contributed by atoms with E-state index in [1.165, 1.54) is 0 Å². The molecule has 0 bridgehead atoms. The van der Waals surface area contributed by atoms with Gasteiger partial charge in [0.2, 0.25) is 0 Å². The van der Waals surface area contributed by atoms with Gasteiger partial charge in [0.25, 0.3) is 5.91 Å². The number of amides is 1. The van der Waals surface area contributed by atoms with E-state index in [0.717, 1.165) is 32.7 Å². The summed E-state index contributed by atoms with van der Waals surface area (Å²) in [5, 5.41) is 6.65. The number of rotatable bonds is 8. The molecule has 22 heavy (non-hydrogen) atoms. The lowest BCUT2D eigenvalue weighted by atomic mass is 10.3. The van der Waals surface area contributed by atoms with Gasteiger partial charge in [-0.3, -0.25) is 9.69 Å². The average molecular weight is 311 g/mol. The van der Waals surface area contributed by atoms with Crippen molar-refractivity contribution in [2.75, 3.05) is 39.5 Å². The van der Waals surface area contributed by atoms with Crippen molar-refractivity contribution in [3.63, 3.8) is 0 Å². The van der Waals surface area contributed by atoms with E-state index in [9.17, 15) is 4.79 Å². The number of carbonyl (C=O) groups is 1. The van der Waals surface area contributed by atoms with Crippen LogP contribution in [0.1, 0.15) is 36.5 Å². The second-order valence-electron chi connectivity index (χ2n) is 5.60. The first-order chi connectivity index (χ1) is 10.6. The zero-order valence-corrected chi connectivity index (χ0v) is 13.3. The van der Waals surface area contributed by atoms with E-state index in [1.54, 1.807) is 6.07 Å². The van der Waals surface area contributed by atoms with Gasteiger partial charge in [-0.05, 0) is 20.3 Å². The average Bonchev–Trinajstić information content (AvgIpc) is 2.96. The Bertz CT molecular complexity index is 455. The highest BCUT2D eigenvalue weighted by molar-refractivity contribution is 5.92.